The summed E-state index contributed by atoms with van der Waals surface area (Å²) in [5, 5.41) is 2.71. The second-order valence-corrected chi connectivity index (χ2v) is 6.50. The first kappa shape index (κ1) is 19.7. The molecule has 1 aliphatic rings. The fraction of sp³-hybridized carbons (Fsp3) is 0.389. The normalized spacial score (nSPS) is 15.5. The highest BCUT2D eigenvalue weighted by Crippen LogP contribution is 2.26. The molecule has 0 bridgehead atoms. The van der Waals surface area contributed by atoms with Crippen LogP contribution in [0.25, 0.3) is 0 Å². The van der Waals surface area contributed by atoms with Crippen molar-refractivity contribution in [3.8, 4) is 0 Å². The van der Waals surface area contributed by atoms with Gasteiger partial charge in [-0.1, -0.05) is 0 Å². The lowest BCUT2D eigenvalue weighted by atomic mass is 10.0. The first-order valence-electron chi connectivity index (χ1n) is 8.63. The fourth-order valence-electron chi connectivity index (χ4n) is 3.10. The number of likely N-dealkylation sites (tertiary alicyclic amines) is 1. The maximum Gasteiger partial charge on any atom is 0.421 e. The van der Waals surface area contributed by atoms with Gasteiger partial charge in [0.05, 0.1) is 11.8 Å². The van der Waals surface area contributed by atoms with Crippen molar-refractivity contribution in [1.29, 1.82) is 0 Å². The quantitative estimate of drug-likeness (QED) is 0.854. The lowest BCUT2D eigenvalue weighted by Crippen LogP contribution is -2.47. The van der Waals surface area contributed by atoms with E-state index >= 15 is 0 Å². The van der Waals surface area contributed by atoms with Crippen LogP contribution < -0.4 is 10.9 Å². The Hall–Kier alpha value is -3.04. The third kappa shape index (κ3) is 4.44. The second kappa shape index (κ2) is 7.91. The van der Waals surface area contributed by atoms with Crippen molar-refractivity contribution in [2.75, 3.05) is 13.1 Å². The third-order valence-electron chi connectivity index (χ3n) is 4.55. The van der Waals surface area contributed by atoms with E-state index in [9.17, 15) is 27.6 Å². The number of alkyl halides is 3. The van der Waals surface area contributed by atoms with Crippen LogP contribution >= 0.6 is 0 Å². The Labute approximate surface area is 157 Å². The monoisotopic (exact) mass is 397 g/mol. The Balaban J connectivity index is 1.54. The number of carbonyl (C=O) groups excluding carboxylic acids is 2. The second-order valence-electron chi connectivity index (χ2n) is 6.50. The molecule has 0 spiro atoms. The molecular formula is C18H18F3N3O4. The smallest absolute Gasteiger partial charge is 0.421 e. The maximum absolute atomic E-state index is 12.8. The highest BCUT2D eigenvalue weighted by molar-refractivity contribution is 5.93. The summed E-state index contributed by atoms with van der Waals surface area (Å²) in [6.07, 6.45) is 0.160. The minimum Gasteiger partial charge on any atom is -0.472 e. The molecule has 0 atom stereocenters. The number of carbonyl (C=O) groups is 2. The molecule has 0 radical (unpaired) electrons. The van der Waals surface area contributed by atoms with Gasteiger partial charge < -0.3 is 19.2 Å². The van der Waals surface area contributed by atoms with Crippen LogP contribution in [0, 0.1) is 0 Å². The molecule has 0 aliphatic carbocycles. The molecule has 1 fully saturated rings. The number of amides is 2. The highest BCUT2D eigenvalue weighted by atomic mass is 19.4. The maximum atomic E-state index is 12.8. The van der Waals surface area contributed by atoms with E-state index in [1.165, 1.54) is 12.5 Å². The van der Waals surface area contributed by atoms with Crippen molar-refractivity contribution in [3.63, 3.8) is 0 Å². The van der Waals surface area contributed by atoms with Gasteiger partial charge in [-0.25, -0.2) is 0 Å². The number of nitrogens with zero attached hydrogens (tertiary/aromatic N) is 2. The Kier molecular flexibility index (Phi) is 5.57. The first-order chi connectivity index (χ1) is 13.3. The molecule has 7 nitrogen and oxygen atoms in total. The minimum atomic E-state index is -4.77. The van der Waals surface area contributed by atoms with E-state index in [1.54, 1.807) is 11.0 Å². The molecule has 2 aromatic heterocycles. The number of pyridine rings is 1. The number of furan rings is 1. The van der Waals surface area contributed by atoms with Gasteiger partial charge in [0.1, 0.15) is 18.4 Å². The Morgan fingerprint density at radius 3 is 2.54 bits per heavy atom. The molecule has 3 heterocycles. The topological polar surface area (TPSA) is 84.5 Å². The summed E-state index contributed by atoms with van der Waals surface area (Å²) in [6.45, 7) is 0.355. The third-order valence-corrected chi connectivity index (χ3v) is 4.55. The summed E-state index contributed by atoms with van der Waals surface area (Å²) in [5.74, 6) is -0.713. The van der Waals surface area contributed by atoms with E-state index in [0.717, 1.165) is 16.8 Å². The Bertz CT molecular complexity index is 898. The van der Waals surface area contributed by atoms with Crippen LogP contribution in [0.15, 0.2) is 46.1 Å². The molecule has 150 valence electrons. The number of nitrogens with one attached hydrogen (secondary N) is 1. The van der Waals surface area contributed by atoms with Gasteiger partial charge in [-0.2, -0.15) is 13.2 Å². The van der Waals surface area contributed by atoms with Crippen molar-refractivity contribution >= 4 is 11.8 Å². The molecular weight excluding hydrogens is 379 g/mol. The van der Waals surface area contributed by atoms with Crippen molar-refractivity contribution in [1.82, 2.24) is 14.8 Å². The number of piperidine rings is 1. The molecule has 1 saturated heterocycles. The summed E-state index contributed by atoms with van der Waals surface area (Å²) in [5.41, 5.74) is -2.12. The average Bonchev–Trinajstić information content (AvgIpc) is 3.17. The average molecular weight is 397 g/mol. The molecule has 0 aromatic carbocycles. The largest absolute Gasteiger partial charge is 0.472 e. The van der Waals surface area contributed by atoms with Crippen LogP contribution in [0.1, 0.15) is 28.8 Å². The van der Waals surface area contributed by atoms with Crippen LogP contribution in [0.2, 0.25) is 0 Å². The molecule has 2 aromatic rings. The molecule has 3 rings (SSSR count). The van der Waals surface area contributed by atoms with Gasteiger partial charge in [-0.3, -0.25) is 14.4 Å². The molecule has 1 aliphatic heterocycles. The van der Waals surface area contributed by atoms with Crippen molar-refractivity contribution < 1.29 is 27.2 Å². The van der Waals surface area contributed by atoms with Gasteiger partial charge in [-0.15, -0.1) is 0 Å². The van der Waals surface area contributed by atoms with E-state index in [4.69, 9.17) is 4.42 Å². The van der Waals surface area contributed by atoms with Crippen molar-refractivity contribution in [2.24, 2.45) is 0 Å². The van der Waals surface area contributed by atoms with Crippen LogP contribution in [0.5, 0.6) is 0 Å². The minimum absolute atomic E-state index is 0.158. The number of hydrogen-bond acceptors (Lipinski definition) is 4. The lowest BCUT2D eigenvalue weighted by molar-refractivity contribution is -0.139. The number of rotatable bonds is 4. The van der Waals surface area contributed by atoms with E-state index in [1.807, 2.05) is 0 Å². The fourth-order valence-corrected chi connectivity index (χ4v) is 3.10. The molecule has 1 N–H and O–H groups in total. The zero-order valence-electron chi connectivity index (χ0n) is 14.7. The molecule has 28 heavy (non-hydrogen) atoms. The van der Waals surface area contributed by atoms with Gasteiger partial charge >= 0.3 is 6.18 Å². The zero-order chi connectivity index (χ0) is 20.3. The van der Waals surface area contributed by atoms with E-state index in [-0.39, 0.29) is 11.9 Å². The van der Waals surface area contributed by atoms with Gasteiger partial charge in [0.2, 0.25) is 5.91 Å². The van der Waals surface area contributed by atoms with E-state index in [0.29, 0.717) is 37.6 Å². The molecule has 0 saturated carbocycles. The van der Waals surface area contributed by atoms with Gasteiger partial charge in [0.25, 0.3) is 11.5 Å². The van der Waals surface area contributed by atoms with Gasteiger partial charge in [-0.05, 0) is 31.0 Å². The lowest BCUT2D eigenvalue weighted by Gasteiger charge is -2.32. The first-order valence-corrected chi connectivity index (χ1v) is 8.63. The number of aromatic nitrogens is 1. The van der Waals surface area contributed by atoms with Crippen LogP contribution in [-0.2, 0) is 17.5 Å². The number of hydrogen-bond donors (Lipinski definition) is 1. The summed E-state index contributed by atoms with van der Waals surface area (Å²) in [4.78, 5) is 37.9. The van der Waals surface area contributed by atoms with Crippen molar-refractivity contribution in [2.45, 2.75) is 31.6 Å². The van der Waals surface area contributed by atoms with Crippen LogP contribution in [-0.4, -0.2) is 40.4 Å². The summed E-state index contributed by atoms with van der Waals surface area (Å²) in [7, 11) is 0. The zero-order valence-corrected chi connectivity index (χ0v) is 14.7. The standard InChI is InChI=1S/C18H18F3N3O4/c19-18(20,21)14-2-1-6-24(17(14)27)10-15(25)22-13-3-7-23(8-4-13)16(26)12-5-9-28-11-12/h1-2,5-6,9,11,13H,3-4,7-8,10H2,(H,22,25). The highest BCUT2D eigenvalue weighted by Gasteiger charge is 2.34. The predicted molar refractivity (Wildman–Crippen MR) is 91.5 cm³/mol. The summed E-state index contributed by atoms with van der Waals surface area (Å²) >= 11 is 0. The number of halogens is 3. The Morgan fingerprint density at radius 1 is 1.21 bits per heavy atom. The summed E-state index contributed by atoms with van der Waals surface area (Å²) in [6, 6.07) is 3.12. The Morgan fingerprint density at radius 2 is 1.93 bits per heavy atom. The molecule has 0 unspecified atom stereocenters. The predicted octanol–water partition coefficient (Wildman–Crippen LogP) is 1.88. The van der Waals surface area contributed by atoms with Gasteiger partial charge in [0.15, 0.2) is 0 Å². The van der Waals surface area contributed by atoms with Crippen LogP contribution in [0.4, 0.5) is 13.2 Å². The van der Waals surface area contributed by atoms with E-state index in [2.05, 4.69) is 5.32 Å². The van der Waals surface area contributed by atoms with E-state index < -0.39 is 29.8 Å². The van der Waals surface area contributed by atoms with Crippen molar-refractivity contribution in [3.05, 3.63) is 58.4 Å². The van der Waals surface area contributed by atoms with Crippen LogP contribution in [0.3, 0.4) is 0 Å². The molecule has 10 heteroatoms. The SMILES string of the molecule is O=C(Cn1cccc(C(F)(F)F)c1=O)NC1CCN(C(=O)c2ccoc2)CC1. The summed E-state index contributed by atoms with van der Waals surface area (Å²) < 4.78 is 44.0. The molecule has 2 amide bonds. The van der Waals surface area contributed by atoms with Gasteiger partial charge in [0, 0.05) is 25.3 Å².